The van der Waals surface area contributed by atoms with Crippen LogP contribution in [-0.2, 0) is 25.5 Å². The molecule has 1 aliphatic carbocycles. The summed E-state index contributed by atoms with van der Waals surface area (Å²) in [6.45, 7) is 9.15. The number of H-pyrrole nitrogens is 1. The predicted octanol–water partition coefficient (Wildman–Crippen LogP) is 3.11. The molecule has 9 nitrogen and oxygen atoms in total. The first-order chi connectivity index (χ1) is 19.7. The average molecular weight is 560 g/mol. The zero-order valence-electron chi connectivity index (χ0n) is 24.6. The van der Waals surface area contributed by atoms with Crippen LogP contribution < -0.4 is 5.32 Å². The van der Waals surface area contributed by atoms with Crippen LogP contribution in [0.15, 0.2) is 30.5 Å². The van der Waals surface area contributed by atoms with Gasteiger partial charge in [0.05, 0.1) is 12.0 Å². The van der Waals surface area contributed by atoms with E-state index in [0.29, 0.717) is 13.1 Å². The molecule has 7 rings (SSSR count). The SMILES string of the molecule is CC[C@@H](C)[C@@H]1C(=O)N2CCC[C@H]2C2O[C@](NC(=O)[C@@H]3C=C4c5cccc6[nH]cc(c56)CC4N(C)C3)(C(C)C)C(=O)N21. The average Bonchev–Trinajstić information content (AvgIpc) is 3.68. The van der Waals surface area contributed by atoms with Crippen molar-refractivity contribution in [2.75, 3.05) is 20.1 Å². The molecule has 5 heterocycles. The van der Waals surface area contributed by atoms with Crippen molar-refractivity contribution in [3.8, 4) is 0 Å². The van der Waals surface area contributed by atoms with Gasteiger partial charge in [0, 0.05) is 42.1 Å². The maximum atomic E-state index is 14.4. The normalized spacial score (nSPS) is 33.6. The minimum absolute atomic E-state index is 0.0150. The van der Waals surface area contributed by atoms with Crippen LogP contribution in [0.2, 0.25) is 0 Å². The van der Waals surface area contributed by atoms with Gasteiger partial charge in [-0.25, -0.2) is 0 Å². The largest absolute Gasteiger partial charge is 0.361 e. The summed E-state index contributed by atoms with van der Waals surface area (Å²) in [6.07, 6.45) is 7.01. The van der Waals surface area contributed by atoms with Crippen LogP contribution in [0.25, 0.3) is 16.5 Å². The minimum Gasteiger partial charge on any atom is -0.361 e. The highest BCUT2D eigenvalue weighted by Gasteiger charge is 2.65. The number of rotatable bonds is 5. The third-order valence-electron chi connectivity index (χ3n) is 10.5. The van der Waals surface area contributed by atoms with E-state index in [4.69, 9.17) is 4.74 Å². The summed E-state index contributed by atoms with van der Waals surface area (Å²) in [6, 6.07) is 5.73. The van der Waals surface area contributed by atoms with Gasteiger partial charge in [-0.2, -0.15) is 0 Å². The Hall–Kier alpha value is -3.17. The van der Waals surface area contributed by atoms with Gasteiger partial charge in [-0.1, -0.05) is 52.3 Å². The van der Waals surface area contributed by atoms with E-state index in [-0.39, 0.29) is 41.6 Å². The van der Waals surface area contributed by atoms with E-state index < -0.39 is 23.9 Å². The third-order valence-corrected chi connectivity index (χ3v) is 10.5. The second kappa shape index (κ2) is 9.42. The van der Waals surface area contributed by atoms with E-state index >= 15 is 0 Å². The van der Waals surface area contributed by atoms with Gasteiger partial charge in [-0.05, 0) is 55.0 Å². The molecule has 3 amide bonds. The van der Waals surface area contributed by atoms with E-state index in [9.17, 15) is 14.4 Å². The number of hydrogen-bond acceptors (Lipinski definition) is 5. The van der Waals surface area contributed by atoms with Gasteiger partial charge in [-0.3, -0.25) is 24.2 Å². The summed E-state index contributed by atoms with van der Waals surface area (Å²) in [5.74, 6) is -1.27. The zero-order valence-corrected chi connectivity index (χ0v) is 24.6. The number of benzene rings is 1. The third kappa shape index (κ3) is 3.70. The van der Waals surface area contributed by atoms with Crippen LogP contribution in [0, 0.1) is 17.8 Å². The van der Waals surface area contributed by atoms with Crippen molar-refractivity contribution in [2.24, 2.45) is 17.8 Å². The molecular formula is C32H41N5O4. The lowest BCUT2D eigenvalue weighted by molar-refractivity contribution is -0.174. The predicted molar refractivity (Wildman–Crippen MR) is 155 cm³/mol. The van der Waals surface area contributed by atoms with E-state index in [1.54, 1.807) is 4.90 Å². The smallest absolute Gasteiger partial charge is 0.279 e. The second-order valence-corrected chi connectivity index (χ2v) is 13.1. The molecule has 2 aromatic rings. The van der Waals surface area contributed by atoms with Crippen LogP contribution in [0.3, 0.4) is 0 Å². The molecule has 7 atom stereocenters. The molecule has 0 bridgehead atoms. The number of ether oxygens (including phenoxy) is 1. The highest BCUT2D eigenvalue weighted by Crippen LogP contribution is 2.45. The molecule has 0 radical (unpaired) electrons. The zero-order chi connectivity index (χ0) is 28.8. The van der Waals surface area contributed by atoms with Crippen molar-refractivity contribution in [3.05, 3.63) is 41.6 Å². The van der Waals surface area contributed by atoms with Crippen molar-refractivity contribution < 1.29 is 19.1 Å². The Labute approximate surface area is 241 Å². The number of amides is 3. The second-order valence-electron chi connectivity index (χ2n) is 13.1. The highest BCUT2D eigenvalue weighted by molar-refractivity contribution is 6.01. The Bertz CT molecular complexity index is 1460. The van der Waals surface area contributed by atoms with E-state index in [1.807, 2.05) is 32.6 Å². The summed E-state index contributed by atoms with van der Waals surface area (Å²) in [7, 11) is 2.07. The van der Waals surface area contributed by atoms with Crippen molar-refractivity contribution in [1.82, 2.24) is 25.0 Å². The van der Waals surface area contributed by atoms with Gasteiger partial charge < -0.3 is 19.9 Å². The standard InChI is InChI=1S/C32H41N5O4/c1-6-18(4)27-29(39)36-12-8-11-24(36)30-37(27)31(40)32(41-30,17(2)3)34-28(38)20-13-22-21-9-7-10-23-26(21)19(15-33-23)14-25(22)35(5)16-20/h7,9-10,13,15,17-18,20,24-25,27,30,33H,6,8,11-12,14,16H2,1-5H3,(H,34,38)/t18-,20-,24+,25?,27-,30?,32-/m1/s1. The van der Waals surface area contributed by atoms with Gasteiger partial charge in [0.2, 0.25) is 17.5 Å². The van der Waals surface area contributed by atoms with E-state index in [2.05, 4.69) is 52.7 Å². The summed E-state index contributed by atoms with van der Waals surface area (Å²) < 4.78 is 6.70. The number of carbonyl (C=O) groups excluding carboxylic acids is 3. The lowest BCUT2D eigenvalue weighted by Gasteiger charge is -2.46. The first-order valence-corrected chi connectivity index (χ1v) is 15.3. The van der Waals surface area contributed by atoms with E-state index in [0.717, 1.165) is 36.8 Å². The van der Waals surface area contributed by atoms with Crippen LogP contribution >= 0.6 is 0 Å². The van der Waals surface area contributed by atoms with Crippen molar-refractivity contribution in [1.29, 1.82) is 0 Å². The molecule has 9 heteroatoms. The van der Waals surface area contributed by atoms with Gasteiger partial charge >= 0.3 is 0 Å². The van der Waals surface area contributed by atoms with Crippen molar-refractivity contribution >= 4 is 34.2 Å². The first kappa shape index (κ1) is 26.7. The summed E-state index contributed by atoms with van der Waals surface area (Å²) in [4.78, 5) is 51.4. The van der Waals surface area contributed by atoms with Crippen molar-refractivity contribution in [2.45, 2.75) is 83.5 Å². The number of aromatic nitrogens is 1. The maximum absolute atomic E-state index is 14.4. The molecule has 41 heavy (non-hydrogen) atoms. The number of piperazine rings is 1. The Morgan fingerprint density at radius 2 is 2.05 bits per heavy atom. The summed E-state index contributed by atoms with van der Waals surface area (Å²) >= 11 is 0. The Kier molecular flexibility index (Phi) is 6.14. The Morgan fingerprint density at radius 3 is 2.80 bits per heavy atom. The van der Waals surface area contributed by atoms with Gasteiger partial charge in [0.15, 0.2) is 6.23 Å². The fourth-order valence-corrected chi connectivity index (χ4v) is 8.05. The van der Waals surface area contributed by atoms with Crippen LogP contribution in [0.4, 0.5) is 0 Å². The van der Waals surface area contributed by atoms with Crippen molar-refractivity contribution in [3.63, 3.8) is 0 Å². The number of hydrogen-bond donors (Lipinski definition) is 2. The molecular weight excluding hydrogens is 518 g/mol. The molecule has 218 valence electrons. The summed E-state index contributed by atoms with van der Waals surface area (Å²) in [5.41, 5.74) is 3.23. The van der Waals surface area contributed by atoms with Gasteiger partial charge in [0.25, 0.3) is 5.91 Å². The van der Waals surface area contributed by atoms with Crippen LogP contribution in [0.1, 0.15) is 58.1 Å². The summed E-state index contributed by atoms with van der Waals surface area (Å²) in [5, 5.41) is 4.37. The fraction of sp³-hybridized carbons (Fsp3) is 0.594. The number of nitrogens with one attached hydrogen (secondary N) is 2. The first-order valence-electron chi connectivity index (χ1n) is 15.3. The highest BCUT2D eigenvalue weighted by atomic mass is 16.6. The number of carbonyl (C=O) groups is 3. The molecule has 1 aromatic heterocycles. The van der Waals surface area contributed by atoms with Crippen LogP contribution in [-0.4, -0.2) is 87.6 Å². The molecule has 0 spiro atoms. The number of aromatic amines is 1. The lowest BCUT2D eigenvalue weighted by Crippen LogP contribution is -2.66. The Balaban J connectivity index is 1.23. The molecule has 4 aliphatic heterocycles. The molecule has 3 saturated heterocycles. The topological polar surface area (TPSA) is 98.0 Å². The van der Waals surface area contributed by atoms with Gasteiger partial charge in [0.1, 0.15) is 6.04 Å². The lowest BCUT2D eigenvalue weighted by atomic mass is 9.79. The molecule has 2 unspecified atom stereocenters. The monoisotopic (exact) mass is 559 g/mol. The Morgan fingerprint density at radius 1 is 1.24 bits per heavy atom. The molecule has 2 N–H and O–H groups in total. The van der Waals surface area contributed by atoms with Gasteiger partial charge in [-0.15, -0.1) is 0 Å². The molecule has 5 aliphatic rings. The minimum atomic E-state index is -1.51. The fourth-order valence-electron chi connectivity index (χ4n) is 8.05. The van der Waals surface area contributed by atoms with Crippen LogP contribution in [0.5, 0.6) is 0 Å². The number of likely N-dealkylation sites (N-methyl/N-ethyl adjacent to an activating group) is 1. The molecule has 3 fully saturated rings. The number of nitrogens with zero attached hydrogens (tertiary/aromatic N) is 3. The molecule has 1 aromatic carbocycles. The number of fused-ring (bicyclic) bond motifs is 5. The quantitative estimate of drug-likeness (QED) is 0.587. The molecule has 0 saturated carbocycles. The van der Waals surface area contributed by atoms with E-state index in [1.165, 1.54) is 16.5 Å². The maximum Gasteiger partial charge on any atom is 0.279 e.